The molecule has 0 aliphatic carbocycles. The Morgan fingerprint density at radius 3 is 2.41 bits per heavy atom. The average molecular weight is 404 g/mol. The minimum Gasteiger partial charge on any atom is -0.507 e. The normalized spacial score (nSPS) is 18.4. The van der Waals surface area contributed by atoms with E-state index in [0.29, 0.717) is 12.1 Å². The smallest absolute Gasteiger partial charge is 0.295 e. The molecule has 5 heteroatoms. The molecule has 1 N–H and O–H groups in total. The van der Waals surface area contributed by atoms with Crippen LogP contribution in [0.2, 0.25) is 0 Å². The van der Waals surface area contributed by atoms with Crippen molar-refractivity contribution in [3.8, 4) is 0 Å². The molecule has 3 aromatic rings. The Morgan fingerprint density at radius 1 is 1.00 bits per heavy atom. The number of amides is 1. The van der Waals surface area contributed by atoms with Gasteiger partial charge in [0.1, 0.15) is 5.76 Å². The highest BCUT2D eigenvalue weighted by molar-refractivity contribution is 7.09. The van der Waals surface area contributed by atoms with E-state index in [0.717, 1.165) is 21.6 Å². The lowest BCUT2D eigenvalue weighted by Gasteiger charge is -2.25. The summed E-state index contributed by atoms with van der Waals surface area (Å²) in [5, 5.41) is 13.0. The van der Waals surface area contributed by atoms with Crippen LogP contribution in [0, 0.1) is 13.8 Å². The number of benzene rings is 2. The predicted molar refractivity (Wildman–Crippen MR) is 115 cm³/mol. The zero-order chi connectivity index (χ0) is 20.5. The van der Waals surface area contributed by atoms with Crippen molar-refractivity contribution < 1.29 is 14.7 Å². The summed E-state index contributed by atoms with van der Waals surface area (Å²) in [6.45, 7) is 4.25. The number of Topliss-reactive ketones (excluding diaryl/α,β-unsaturated/α-hetero) is 1. The van der Waals surface area contributed by atoms with Gasteiger partial charge in [0, 0.05) is 10.4 Å². The molecule has 0 bridgehead atoms. The van der Waals surface area contributed by atoms with Crippen molar-refractivity contribution in [3.05, 3.63) is 98.7 Å². The lowest BCUT2D eigenvalue weighted by atomic mass is 9.94. The van der Waals surface area contributed by atoms with Crippen LogP contribution in [0.3, 0.4) is 0 Å². The van der Waals surface area contributed by atoms with Crippen LogP contribution >= 0.6 is 11.3 Å². The van der Waals surface area contributed by atoms with E-state index in [1.807, 2.05) is 67.8 Å². The Bertz CT molecular complexity index is 1100. The van der Waals surface area contributed by atoms with Gasteiger partial charge < -0.3 is 10.0 Å². The fraction of sp³-hybridized carbons (Fsp3) is 0.167. The van der Waals surface area contributed by atoms with E-state index in [9.17, 15) is 14.7 Å². The van der Waals surface area contributed by atoms with Crippen LogP contribution in [0.15, 0.2) is 71.6 Å². The van der Waals surface area contributed by atoms with Crippen LogP contribution in [-0.4, -0.2) is 21.7 Å². The number of aliphatic hydroxyl groups is 1. The molecule has 1 unspecified atom stereocenters. The first-order valence-electron chi connectivity index (χ1n) is 9.40. The molecule has 1 aliphatic heterocycles. The summed E-state index contributed by atoms with van der Waals surface area (Å²) >= 11 is 1.54. The summed E-state index contributed by atoms with van der Waals surface area (Å²) in [4.78, 5) is 28.5. The molecular formula is C24H21NO3S. The molecule has 0 saturated carbocycles. The molecular weight excluding hydrogens is 382 g/mol. The second kappa shape index (κ2) is 7.68. The molecule has 146 valence electrons. The number of hydrogen-bond acceptors (Lipinski definition) is 4. The van der Waals surface area contributed by atoms with Gasteiger partial charge >= 0.3 is 0 Å². The fourth-order valence-corrected chi connectivity index (χ4v) is 4.37. The maximum atomic E-state index is 13.0. The molecule has 0 radical (unpaired) electrons. The number of thiophene rings is 1. The van der Waals surface area contributed by atoms with E-state index >= 15 is 0 Å². The van der Waals surface area contributed by atoms with Gasteiger partial charge in [-0.15, -0.1) is 11.3 Å². The molecule has 29 heavy (non-hydrogen) atoms. The molecule has 1 aliphatic rings. The van der Waals surface area contributed by atoms with Crippen molar-refractivity contribution >= 4 is 28.8 Å². The molecule has 2 heterocycles. The quantitative estimate of drug-likeness (QED) is 0.379. The Kier molecular flexibility index (Phi) is 5.07. The number of ketones is 1. The first-order valence-corrected chi connectivity index (χ1v) is 10.3. The van der Waals surface area contributed by atoms with Gasteiger partial charge in [-0.3, -0.25) is 9.59 Å². The maximum Gasteiger partial charge on any atom is 0.295 e. The lowest BCUT2D eigenvalue weighted by Crippen LogP contribution is -2.28. The fourth-order valence-electron chi connectivity index (χ4n) is 3.67. The van der Waals surface area contributed by atoms with Crippen LogP contribution in [0.25, 0.3) is 5.76 Å². The highest BCUT2D eigenvalue weighted by atomic mass is 32.1. The summed E-state index contributed by atoms with van der Waals surface area (Å²) in [6, 6.07) is 18.2. The number of aryl methyl sites for hydroxylation is 2. The van der Waals surface area contributed by atoms with Crippen molar-refractivity contribution in [2.24, 2.45) is 0 Å². The number of carbonyl (C=O) groups is 2. The summed E-state index contributed by atoms with van der Waals surface area (Å²) in [5.41, 5.74) is 3.56. The zero-order valence-corrected chi connectivity index (χ0v) is 17.1. The van der Waals surface area contributed by atoms with Gasteiger partial charge in [0.2, 0.25) is 0 Å². The minimum atomic E-state index is -0.647. The number of carbonyl (C=O) groups excluding carboxylic acids is 2. The van der Waals surface area contributed by atoms with Crippen molar-refractivity contribution in [1.29, 1.82) is 0 Å². The summed E-state index contributed by atoms with van der Waals surface area (Å²) in [5.74, 6) is -1.37. The van der Waals surface area contributed by atoms with Crippen LogP contribution in [0.4, 0.5) is 0 Å². The van der Waals surface area contributed by atoms with Gasteiger partial charge in [-0.25, -0.2) is 0 Å². The molecule has 1 amide bonds. The second-order valence-corrected chi connectivity index (χ2v) is 8.32. The largest absolute Gasteiger partial charge is 0.507 e. The molecule has 1 atom stereocenters. The van der Waals surface area contributed by atoms with Crippen molar-refractivity contribution in [2.45, 2.75) is 26.4 Å². The van der Waals surface area contributed by atoms with Crippen LogP contribution < -0.4 is 0 Å². The predicted octanol–water partition coefficient (Wildman–Crippen LogP) is 4.99. The Balaban J connectivity index is 1.87. The highest BCUT2D eigenvalue weighted by Crippen LogP contribution is 2.40. The van der Waals surface area contributed by atoms with Gasteiger partial charge in [-0.2, -0.15) is 0 Å². The Morgan fingerprint density at radius 2 is 1.76 bits per heavy atom. The number of nitrogens with zero attached hydrogens (tertiary/aromatic N) is 1. The Hall–Kier alpha value is -3.18. The highest BCUT2D eigenvalue weighted by Gasteiger charge is 2.46. The lowest BCUT2D eigenvalue weighted by molar-refractivity contribution is -0.140. The van der Waals surface area contributed by atoms with Crippen LogP contribution in [-0.2, 0) is 16.1 Å². The van der Waals surface area contributed by atoms with Gasteiger partial charge in [0.15, 0.2) is 0 Å². The zero-order valence-electron chi connectivity index (χ0n) is 16.3. The van der Waals surface area contributed by atoms with E-state index in [1.54, 1.807) is 17.0 Å². The Labute approximate surface area is 173 Å². The van der Waals surface area contributed by atoms with Crippen molar-refractivity contribution in [2.75, 3.05) is 0 Å². The molecule has 1 aromatic heterocycles. The first-order chi connectivity index (χ1) is 14.0. The molecule has 1 fully saturated rings. The van der Waals surface area contributed by atoms with E-state index in [4.69, 9.17) is 0 Å². The van der Waals surface area contributed by atoms with E-state index in [-0.39, 0.29) is 11.3 Å². The van der Waals surface area contributed by atoms with Crippen LogP contribution in [0.1, 0.15) is 33.2 Å². The number of rotatable bonds is 4. The van der Waals surface area contributed by atoms with Gasteiger partial charge in [-0.05, 0) is 30.9 Å². The SMILES string of the molecule is Cc1ccc(/C(O)=C2/C(=O)C(=O)N(Cc3cccs3)C2c2cccc(C)c2)cc1. The minimum absolute atomic E-state index is 0.136. The summed E-state index contributed by atoms with van der Waals surface area (Å²) in [6.07, 6.45) is 0. The number of aliphatic hydroxyl groups excluding tert-OH is 1. The summed E-state index contributed by atoms with van der Waals surface area (Å²) in [7, 11) is 0. The second-order valence-electron chi connectivity index (χ2n) is 7.29. The number of hydrogen-bond donors (Lipinski definition) is 1. The monoisotopic (exact) mass is 403 g/mol. The molecule has 4 rings (SSSR count). The summed E-state index contributed by atoms with van der Waals surface area (Å²) < 4.78 is 0. The number of likely N-dealkylation sites (tertiary alicyclic amines) is 1. The average Bonchev–Trinajstić information content (AvgIpc) is 3.30. The molecule has 1 saturated heterocycles. The third kappa shape index (κ3) is 3.61. The first kappa shape index (κ1) is 19.2. The van der Waals surface area contributed by atoms with Gasteiger partial charge in [0.25, 0.3) is 11.7 Å². The third-order valence-electron chi connectivity index (χ3n) is 5.13. The van der Waals surface area contributed by atoms with Crippen molar-refractivity contribution in [1.82, 2.24) is 4.90 Å². The van der Waals surface area contributed by atoms with Crippen LogP contribution in [0.5, 0.6) is 0 Å². The maximum absolute atomic E-state index is 13.0. The van der Waals surface area contributed by atoms with Crippen molar-refractivity contribution in [3.63, 3.8) is 0 Å². The topological polar surface area (TPSA) is 57.6 Å². The van der Waals surface area contributed by atoms with Gasteiger partial charge in [-0.1, -0.05) is 65.7 Å². The van der Waals surface area contributed by atoms with Gasteiger partial charge in [0.05, 0.1) is 18.2 Å². The molecule has 2 aromatic carbocycles. The molecule has 0 spiro atoms. The van der Waals surface area contributed by atoms with E-state index in [1.165, 1.54) is 11.3 Å². The standard InChI is InChI=1S/C24H21NO3S/c1-15-8-10-17(11-9-15)22(26)20-21(18-6-3-5-16(2)13-18)25(24(28)23(20)27)14-19-7-4-12-29-19/h3-13,21,26H,14H2,1-2H3/b22-20-. The third-order valence-corrected chi connectivity index (χ3v) is 5.99. The van der Waals surface area contributed by atoms with E-state index < -0.39 is 17.7 Å². The van der Waals surface area contributed by atoms with E-state index in [2.05, 4.69) is 0 Å². The molecule has 4 nitrogen and oxygen atoms in total.